The van der Waals surface area contributed by atoms with E-state index in [0.29, 0.717) is 19.3 Å². The van der Waals surface area contributed by atoms with Gasteiger partial charge in [-0.05, 0) is 83.5 Å². The van der Waals surface area contributed by atoms with Crippen LogP contribution in [0.5, 0.6) is 0 Å². The van der Waals surface area contributed by atoms with Crippen LogP contribution in [0.2, 0.25) is 0 Å². The Kier molecular flexibility index (Phi) is 48.9. The van der Waals surface area contributed by atoms with Gasteiger partial charge < -0.3 is 14.2 Å². The monoisotopic (exact) mass is 879 g/mol. The Bertz CT molecular complexity index is 1190. The highest BCUT2D eigenvalue weighted by atomic mass is 16.6. The highest BCUT2D eigenvalue weighted by Crippen LogP contribution is 2.15. The molecule has 1 unspecified atom stereocenters. The van der Waals surface area contributed by atoms with Crippen molar-refractivity contribution in [2.75, 3.05) is 13.2 Å². The van der Waals surface area contributed by atoms with E-state index < -0.39 is 6.10 Å². The van der Waals surface area contributed by atoms with Crippen molar-refractivity contribution in [3.8, 4) is 0 Å². The van der Waals surface area contributed by atoms with Crippen LogP contribution in [-0.4, -0.2) is 37.2 Å². The molecular weight excluding hydrogens is 781 g/mol. The minimum Gasteiger partial charge on any atom is -0.462 e. The summed E-state index contributed by atoms with van der Waals surface area (Å²) in [4.78, 5) is 37.7. The standard InChI is InChI=1S/C57H98O6/c1-4-7-10-13-16-18-20-22-24-25-26-27-28-29-30-31-32-33-34-36-37-39-41-44-47-50-56(59)62-53-54(52-61-55(58)49-46-43-15-12-9-6-3)63-57(60)51-48-45-42-40-38-35-23-21-19-17-14-11-8-5-2/h7,10,14,16-18,21-24,26-27,54H,4-6,8-9,11-13,15,19-20,25,28-53H2,1-3H3/b10-7-,17-14-,18-16-,23-21-,24-22-,27-26-. The normalized spacial score (nSPS) is 12.6. The SMILES string of the molecule is CC/C=C\C/C=C\C/C=C\C/C=C\CCCCCCCCCCCCCCC(=O)OCC(COC(=O)CCCCCCCC)OC(=O)CCCCCCC/C=C\C/C=C\CCCC. The molecule has 0 bridgehead atoms. The van der Waals surface area contributed by atoms with Crippen LogP contribution in [0.1, 0.15) is 252 Å². The third-order valence-electron chi connectivity index (χ3n) is 11.2. The van der Waals surface area contributed by atoms with Crippen molar-refractivity contribution in [1.82, 2.24) is 0 Å². The zero-order valence-electron chi connectivity index (χ0n) is 41.3. The van der Waals surface area contributed by atoms with E-state index >= 15 is 0 Å². The molecule has 0 rings (SSSR count). The predicted octanol–water partition coefficient (Wildman–Crippen LogP) is 17.4. The lowest BCUT2D eigenvalue weighted by Crippen LogP contribution is -2.30. The molecule has 0 aromatic rings. The molecule has 6 heteroatoms. The van der Waals surface area contributed by atoms with E-state index in [1.165, 1.54) is 103 Å². The van der Waals surface area contributed by atoms with Crippen molar-refractivity contribution < 1.29 is 28.6 Å². The predicted molar refractivity (Wildman–Crippen MR) is 270 cm³/mol. The Morgan fingerprint density at radius 2 is 0.635 bits per heavy atom. The van der Waals surface area contributed by atoms with E-state index in [1.54, 1.807) is 0 Å². The molecular formula is C57H98O6. The van der Waals surface area contributed by atoms with Gasteiger partial charge in [-0.2, -0.15) is 0 Å². The van der Waals surface area contributed by atoms with Gasteiger partial charge in [0.05, 0.1) is 0 Å². The lowest BCUT2D eigenvalue weighted by Gasteiger charge is -2.18. The largest absolute Gasteiger partial charge is 0.462 e. The summed E-state index contributed by atoms with van der Waals surface area (Å²) < 4.78 is 16.7. The van der Waals surface area contributed by atoms with Crippen molar-refractivity contribution >= 4 is 17.9 Å². The van der Waals surface area contributed by atoms with Crippen molar-refractivity contribution in [2.24, 2.45) is 0 Å². The van der Waals surface area contributed by atoms with Crippen LogP contribution in [0, 0.1) is 0 Å². The highest BCUT2D eigenvalue weighted by Gasteiger charge is 2.19. The van der Waals surface area contributed by atoms with Gasteiger partial charge in [0.2, 0.25) is 0 Å². The first-order valence-corrected chi connectivity index (χ1v) is 26.4. The third-order valence-corrected chi connectivity index (χ3v) is 11.2. The minimum absolute atomic E-state index is 0.0809. The highest BCUT2D eigenvalue weighted by molar-refractivity contribution is 5.71. The van der Waals surface area contributed by atoms with Crippen LogP contribution in [0.3, 0.4) is 0 Å². The first kappa shape index (κ1) is 59.9. The first-order chi connectivity index (χ1) is 31.0. The second kappa shape index (κ2) is 51.5. The van der Waals surface area contributed by atoms with Gasteiger partial charge in [0.15, 0.2) is 6.10 Å². The van der Waals surface area contributed by atoms with E-state index in [1.807, 2.05) is 0 Å². The van der Waals surface area contributed by atoms with E-state index in [0.717, 1.165) is 109 Å². The molecule has 362 valence electrons. The number of carbonyl (C=O) groups excluding carboxylic acids is 3. The van der Waals surface area contributed by atoms with Gasteiger partial charge in [-0.15, -0.1) is 0 Å². The van der Waals surface area contributed by atoms with Gasteiger partial charge in [0.1, 0.15) is 13.2 Å². The molecule has 0 aliphatic heterocycles. The summed E-state index contributed by atoms with van der Waals surface area (Å²) in [5.41, 5.74) is 0. The van der Waals surface area contributed by atoms with Gasteiger partial charge in [-0.3, -0.25) is 14.4 Å². The average molecular weight is 879 g/mol. The second-order valence-electron chi connectivity index (χ2n) is 17.4. The Labute approximate surface area is 389 Å². The molecule has 0 saturated heterocycles. The van der Waals surface area contributed by atoms with E-state index in [2.05, 4.69) is 93.7 Å². The minimum atomic E-state index is -0.778. The van der Waals surface area contributed by atoms with Crippen LogP contribution >= 0.6 is 0 Å². The quantitative estimate of drug-likeness (QED) is 0.0262. The Balaban J connectivity index is 4.13. The maximum atomic E-state index is 12.7. The van der Waals surface area contributed by atoms with E-state index in [4.69, 9.17) is 14.2 Å². The molecule has 0 aromatic carbocycles. The fourth-order valence-electron chi connectivity index (χ4n) is 7.21. The van der Waals surface area contributed by atoms with Crippen LogP contribution in [0.25, 0.3) is 0 Å². The summed E-state index contributed by atoms with van der Waals surface area (Å²) in [5.74, 6) is -0.905. The molecule has 0 aliphatic rings. The summed E-state index contributed by atoms with van der Waals surface area (Å²) in [5, 5.41) is 0. The molecule has 63 heavy (non-hydrogen) atoms. The first-order valence-electron chi connectivity index (χ1n) is 26.4. The molecule has 0 spiro atoms. The summed E-state index contributed by atoms with van der Waals surface area (Å²) in [6.45, 7) is 6.41. The Morgan fingerprint density at radius 3 is 1.02 bits per heavy atom. The van der Waals surface area contributed by atoms with E-state index in [9.17, 15) is 14.4 Å². The maximum absolute atomic E-state index is 12.7. The lowest BCUT2D eigenvalue weighted by atomic mass is 10.0. The topological polar surface area (TPSA) is 78.9 Å². The summed E-state index contributed by atoms with van der Waals surface area (Å²) in [6, 6.07) is 0. The van der Waals surface area contributed by atoms with Crippen LogP contribution < -0.4 is 0 Å². The second-order valence-corrected chi connectivity index (χ2v) is 17.4. The number of esters is 3. The summed E-state index contributed by atoms with van der Waals surface area (Å²) in [7, 11) is 0. The molecule has 0 fully saturated rings. The number of allylic oxidation sites excluding steroid dienone is 12. The number of rotatable bonds is 47. The maximum Gasteiger partial charge on any atom is 0.306 e. The lowest BCUT2D eigenvalue weighted by molar-refractivity contribution is -0.167. The summed E-state index contributed by atoms with van der Waals surface area (Å²) in [6.07, 6.45) is 64.9. The fourth-order valence-corrected chi connectivity index (χ4v) is 7.21. The zero-order valence-corrected chi connectivity index (χ0v) is 41.3. The van der Waals surface area contributed by atoms with Crippen molar-refractivity contribution in [2.45, 2.75) is 258 Å². The van der Waals surface area contributed by atoms with Crippen molar-refractivity contribution in [3.63, 3.8) is 0 Å². The Hall–Kier alpha value is -3.15. The number of hydrogen-bond acceptors (Lipinski definition) is 6. The fraction of sp³-hybridized carbons (Fsp3) is 0.737. The number of carbonyl (C=O) groups is 3. The molecule has 0 radical (unpaired) electrons. The van der Waals surface area contributed by atoms with Crippen LogP contribution in [-0.2, 0) is 28.6 Å². The smallest absolute Gasteiger partial charge is 0.306 e. The molecule has 0 heterocycles. The molecule has 0 saturated carbocycles. The van der Waals surface area contributed by atoms with Crippen LogP contribution in [0.4, 0.5) is 0 Å². The molecule has 0 aliphatic carbocycles. The van der Waals surface area contributed by atoms with Gasteiger partial charge in [0, 0.05) is 19.3 Å². The molecule has 0 amide bonds. The zero-order chi connectivity index (χ0) is 45.8. The van der Waals surface area contributed by atoms with Gasteiger partial charge >= 0.3 is 17.9 Å². The van der Waals surface area contributed by atoms with Crippen LogP contribution in [0.15, 0.2) is 72.9 Å². The molecule has 0 aromatic heterocycles. The third kappa shape index (κ3) is 49.7. The average Bonchev–Trinajstić information content (AvgIpc) is 3.28. The van der Waals surface area contributed by atoms with Gasteiger partial charge in [-0.25, -0.2) is 0 Å². The van der Waals surface area contributed by atoms with E-state index in [-0.39, 0.29) is 31.1 Å². The Morgan fingerprint density at radius 1 is 0.333 bits per heavy atom. The molecule has 0 N–H and O–H groups in total. The van der Waals surface area contributed by atoms with Gasteiger partial charge in [0.25, 0.3) is 0 Å². The van der Waals surface area contributed by atoms with Crippen molar-refractivity contribution in [1.29, 1.82) is 0 Å². The number of hydrogen-bond donors (Lipinski definition) is 0. The molecule has 6 nitrogen and oxygen atoms in total. The van der Waals surface area contributed by atoms with Gasteiger partial charge in [-0.1, -0.05) is 222 Å². The summed E-state index contributed by atoms with van der Waals surface area (Å²) >= 11 is 0. The number of unbranched alkanes of at least 4 members (excludes halogenated alkanes) is 24. The molecule has 1 atom stereocenters. The number of ether oxygens (including phenoxy) is 3. The van der Waals surface area contributed by atoms with Crippen molar-refractivity contribution in [3.05, 3.63) is 72.9 Å².